The maximum Gasteiger partial charge on any atom is 0.233 e. The molecule has 2 amide bonds. The predicted molar refractivity (Wildman–Crippen MR) is 96.3 cm³/mol. The minimum Gasteiger partial charge on any atom is -0.282 e. The monoisotopic (exact) mass is 331 g/mol. The third-order valence-electron chi connectivity index (χ3n) is 6.30. The zero-order chi connectivity index (χ0) is 16.9. The minimum atomic E-state index is -0.0179. The fraction of sp³-hybridized carbons (Fsp3) is 0.810. The van der Waals surface area contributed by atoms with Crippen molar-refractivity contribution in [1.82, 2.24) is 4.90 Å². The summed E-state index contributed by atoms with van der Waals surface area (Å²) in [6.07, 6.45) is 18.2. The van der Waals surface area contributed by atoms with E-state index in [1.165, 1.54) is 51.4 Å². The van der Waals surface area contributed by atoms with Crippen LogP contribution >= 0.6 is 0 Å². The molecule has 3 aliphatic rings. The molecular weight excluding hydrogens is 298 g/mol. The fourth-order valence-corrected chi connectivity index (χ4v) is 4.94. The van der Waals surface area contributed by atoms with E-state index in [2.05, 4.69) is 19.1 Å². The molecular formula is C21H33NO2. The number of hydrogen-bond donors (Lipinski definition) is 0. The van der Waals surface area contributed by atoms with Crippen molar-refractivity contribution in [2.45, 2.75) is 77.6 Å². The minimum absolute atomic E-state index is 0.0179. The lowest BCUT2D eigenvalue weighted by atomic mass is 9.85. The van der Waals surface area contributed by atoms with Gasteiger partial charge in [-0.2, -0.15) is 0 Å². The molecule has 4 atom stereocenters. The van der Waals surface area contributed by atoms with Gasteiger partial charge in [-0.15, -0.1) is 0 Å². The molecule has 1 aliphatic heterocycles. The summed E-state index contributed by atoms with van der Waals surface area (Å²) in [5.41, 5.74) is 0. The van der Waals surface area contributed by atoms with Gasteiger partial charge in [-0.3, -0.25) is 14.5 Å². The van der Waals surface area contributed by atoms with Crippen LogP contribution in [-0.4, -0.2) is 23.3 Å². The van der Waals surface area contributed by atoms with Crippen LogP contribution in [0.15, 0.2) is 12.2 Å². The lowest BCUT2D eigenvalue weighted by molar-refractivity contribution is -0.140. The summed E-state index contributed by atoms with van der Waals surface area (Å²) in [5.74, 6) is 0.894. The van der Waals surface area contributed by atoms with Crippen LogP contribution < -0.4 is 0 Å². The third kappa shape index (κ3) is 3.60. The number of fused-ring (bicyclic) bond motifs is 5. The number of imide groups is 1. The maximum absolute atomic E-state index is 12.5. The number of rotatable bonds is 11. The van der Waals surface area contributed by atoms with Gasteiger partial charge in [0.1, 0.15) is 0 Å². The van der Waals surface area contributed by atoms with Crippen molar-refractivity contribution < 1.29 is 9.59 Å². The van der Waals surface area contributed by atoms with Crippen molar-refractivity contribution in [2.75, 3.05) is 6.54 Å². The number of unbranched alkanes of at least 4 members (excludes halogenated alkanes) is 9. The summed E-state index contributed by atoms with van der Waals surface area (Å²) >= 11 is 0. The van der Waals surface area contributed by atoms with Crippen molar-refractivity contribution in [1.29, 1.82) is 0 Å². The molecule has 0 aromatic heterocycles. The second-order valence-corrected chi connectivity index (χ2v) is 8.01. The Bertz CT molecular complexity index is 454. The second-order valence-electron chi connectivity index (χ2n) is 8.01. The Balaban J connectivity index is 1.28. The highest BCUT2D eigenvalue weighted by Crippen LogP contribution is 2.52. The number of amides is 2. The standard InChI is InChI=1S/C21H33NO2/c1-2-3-4-5-6-7-8-9-10-11-14-22-20(23)18-16-12-13-17(15-16)19(18)21(22)24/h12-13,16-19H,2-11,14-15H2,1H3. The number of allylic oxidation sites excluding steroid dienone is 2. The molecule has 134 valence electrons. The van der Waals surface area contributed by atoms with Crippen molar-refractivity contribution in [3.63, 3.8) is 0 Å². The first-order chi connectivity index (χ1) is 11.7. The van der Waals surface area contributed by atoms with Gasteiger partial charge < -0.3 is 0 Å². The fourth-order valence-electron chi connectivity index (χ4n) is 4.94. The van der Waals surface area contributed by atoms with Gasteiger partial charge in [0.15, 0.2) is 0 Å². The van der Waals surface area contributed by atoms with E-state index in [9.17, 15) is 9.59 Å². The Hall–Kier alpha value is -1.12. The van der Waals surface area contributed by atoms with Gasteiger partial charge in [0, 0.05) is 6.54 Å². The van der Waals surface area contributed by atoms with Crippen molar-refractivity contribution in [2.24, 2.45) is 23.7 Å². The predicted octanol–water partition coefficient (Wildman–Crippen LogP) is 4.71. The van der Waals surface area contributed by atoms with Crippen molar-refractivity contribution in [3.8, 4) is 0 Å². The molecule has 3 heteroatoms. The highest BCUT2D eigenvalue weighted by molar-refractivity contribution is 6.06. The summed E-state index contributed by atoms with van der Waals surface area (Å²) < 4.78 is 0. The molecule has 2 bridgehead atoms. The Morgan fingerprint density at radius 3 is 1.75 bits per heavy atom. The molecule has 1 heterocycles. The van der Waals surface area contributed by atoms with E-state index >= 15 is 0 Å². The van der Waals surface area contributed by atoms with Gasteiger partial charge in [-0.25, -0.2) is 0 Å². The SMILES string of the molecule is CCCCCCCCCCCCN1C(=O)C2C3C=CC(C3)C2C1=O. The molecule has 0 aromatic rings. The van der Waals surface area contributed by atoms with Gasteiger partial charge in [0.05, 0.1) is 11.8 Å². The molecule has 0 aromatic carbocycles. The molecule has 3 rings (SSSR count). The van der Waals surface area contributed by atoms with Crippen LogP contribution in [-0.2, 0) is 9.59 Å². The quantitative estimate of drug-likeness (QED) is 0.312. The van der Waals surface area contributed by atoms with Gasteiger partial charge in [-0.05, 0) is 24.7 Å². The highest BCUT2D eigenvalue weighted by Gasteiger charge is 2.58. The number of likely N-dealkylation sites (tertiary alicyclic amines) is 1. The molecule has 3 nitrogen and oxygen atoms in total. The Morgan fingerprint density at radius 2 is 1.25 bits per heavy atom. The highest BCUT2D eigenvalue weighted by atomic mass is 16.2. The molecule has 1 saturated carbocycles. The van der Waals surface area contributed by atoms with Crippen LogP contribution in [0.5, 0.6) is 0 Å². The summed E-state index contributed by atoms with van der Waals surface area (Å²) in [6, 6.07) is 0. The molecule has 0 spiro atoms. The largest absolute Gasteiger partial charge is 0.282 e. The summed E-state index contributed by atoms with van der Waals surface area (Å²) in [7, 11) is 0. The Morgan fingerprint density at radius 1 is 0.792 bits per heavy atom. The van der Waals surface area contributed by atoms with Gasteiger partial charge in [-0.1, -0.05) is 76.9 Å². The molecule has 0 N–H and O–H groups in total. The number of hydrogen-bond acceptors (Lipinski definition) is 2. The van der Waals surface area contributed by atoms with Crippen LogP contribution in [0, 0.1) is 23.7 Å². The summed E-state index contributed by atoms with van der Waals surface area (Å²) in [4.78, 5) is 26.7. The molecule has 24 heavy (non-hydrogen) atoms. The van der Waals surface area contributed by atoms with Crippen LogP contribution in [0.2, 0.25) is 0 Å². The van der Waals surface area contributed by atoms with Gasteiger partial charge in [0.2, 0.25) is 11.8 Å². The first-order valence-corrected chi connectivity index (χ1v) is 10.3. The smallest absolute Gasteiger partial charge is 0.233 e. The third-order valence-corrected chi connectivity index (χ3v) is 6.30. The van der Waals surface area contributed by atoms with E-state index in [1.54, 1.807) is 4.90 Å². The van der Waals surface area contributed by atoms with E-state index in [1.807, 2.05) is 0 Å². The Labute approximate surface area is 146 Å². The van der Waals surface area contributed by atoms with E-state index in [0.717, 1.165) is 19.3 Å². The molecule has 4 unspecified atom stereocenters. The van der Waals surface area contributed by atoms with Crippen molar-refractivity contribution >= 4 is 11.8 Å². The number of carbonyl (C=O) groups excluding carboxylic acids is 2. The maximum atomic E-state index is 12.5. The lowest BCUT2D eigenvalue weighted by Crippen LogP contribution is -2.33. The van der Waals surface area contributed by atoms with Crippen LogP contribution in [0.1, 0.15) is 77.6 Å². The first-order valence-electron chi connectivity index (χ1n) is 10.3. The van der Waals surface area contributed by atoms with E-state index < -0.39 is 0 Å². The zero-order valence-corrected chi connectivity index (χ0v) is 15.2. The van der Waals surface area contributed by atoms with E-state index in [-0.39, 0.29) is 23.7 Å². The first kappa shape index (κ1) is 17.7. The average molecular weight is 332 g/mol. The normalized spacial score (nSPS) is 30.6. The lowest BCUT2D eigenvalue weighted by Gasteiger charge is -2.17. The van der Waals surface area contributed by atoms with Crippen molar-refractivity contribution in [3.05, 3.63) is 12.2 Å². The van der Waals surface area contributed by atoms with E-state index in [4.69, 9.17) is 0 Å². The second kappa shape index (κ2) is 8.31. The van der Waals surface area contributed by atoms with Gasteiger partial charge in [0.25, 0.3) is 0 Å². The zero-order valence-electron chi connectivity index (χ0n) is 15.2. The van der Waals surface area contributed by atoms with Crippen LogP contribution in [0.4, 0.5) is 0 Å². The molecule has 2 aliphatic carbocycles. The van der Waals surface area contributed by atoms with Crippen LogP contribution in [0.3, 0.4) is 0 Å². The summed E-state index contributed by atoms with van der Waals surface area (Å²) in [6.45, 7) is 2.91. The topological polar surface area (TPSA) is 37.4 Å². The van der Waals surface area contributed by atoms with E-state index in [0.29, 0.717) is 18.4 Å². The number of nitrogens with zero attached hydrogens (tertiary/aromatic N) is 1. The van der Waals surface area contributed by atoms with Gasteiger partial charge >= 0.3 is 0 Å². The molecule has 0 radical (unpaired) electrons. The van der Waals surface area contributed by atoms with Crippen LogP contribution in [0.25, 0.3) is 0 Å². The summed E-state index contributed by atoms with van der Waals surface area (Å²) in [5, 5.41) is 0. The average Bonchev–Trinajstić information content (AvgIpc) is 3.25. The molecule has 1 saturated heterocycles. The number of carbonyl (C=O) groups is 2. The molecule has 2 fully saturated rings. The Kier molecular flexibility index (Phi) is 6.13.